The van der Waals surface area contributed by atoms with Crippen molar-refractivity contribution >= 4 is 0 Å². The molecular weight excluding hydrogens is 162 g/mol. The Balaban J connectivity index is 2.90. The Bertz CT molecular complexity index is 288. The molecule has 3 nitrogen and oxygen atoms in total. The van der Waals surface area contributed by atoms with Crippen LogP contribution in [0.5, 0.6) is 0 Å². The van der Waals surface area contributed by atoms with Crippen LogP contribution in [0.3, 0.4) is 0 Å². The molecule has 1 atom stereocenters. The summed E-state index contributed by atoms with van der Waals surface area (Å²) in [7, 11) is 1.95. The van der Waals surface area contributed by atoms with Gasteiger partial charge in [-0.25, -0.2) is 0 Å². The Labute approximate surface area is 79.5 Å². The molecular formula is C10H17N3. The summed E-state index contributed by atoms with van der Waals surface area (Å²) < 4.78 is 1.88. The van der Waals surface area contributed by atoms with Gasteiger partial charge in [0.25, 0.3) is 0 Å². The summed E-state index contributed by atoms with van der Waals surface area (Å²) in [6.45, 7) is 8.89. The molecule has 1 rings (SSSR count). The van der Waals surface area contributed by atoms with Gasteiger partial charge in [0.1, 0.15) is 0 Å². The molecule has 0 fully saturated rings. The lowest BCUT2D eigenvalue weighted by atomic mass is 10.1. The van der Waals surface area contributed by atoms with E-state index in [1.165, 1.54) is 11.3 Å². The second kappa shape index (κ2) is 4.23. The minimum Gasteiger partial charge on any atom is -0.307 e. The molecule has 0 aromatic carbocycles. The van der Waals surface area contributed by atoms with E-state index in [1.807, 2.05) is 24.0 Å². The van der Waals surface area contributed by atoms with E-state index in [0.29, 0.717) is 0 Å². The molecule has 1 aromatic rings. The van der Waals surface area contributed by atoms with Gasteiger partial charge in [-0.2, -0.15) is 5.10 Å². The summed E-state index contributed by atoms with van der Waals surface area (Å²) in [6, 6.07) is 0.221. The van der Waals surface area contributed by atoms with E-state index in [2.05, 4.69) is 30.8 Å². The third kappa shape index (κ3) is 1.98. The van der Waals surface area contributed by atoms with Crippen molar-refractivity contribution in [2.45, 2.75) is 19.9 Å². The number of hydrogen-bond acceptors (Lipinski definition) is 2. The van der Waals surface area contributed by atoms with Crippen LogP contribution in [0.1, 0.15) is 24.2 Å². The Morgan fingerprint density at radius 1 is 1.77 bits per heavy atom. The van der Waals surface area contributed by atoms with E-state index >= 15 is 0 Å². The van der Waals surface area contributed by atoms with Gasteiger partial charge in [-0.3, -0.25) is 4.68 Å². The zero-order valence-electron chi connectivity index (χ0n) is 8.54. The van der Waals surface area contributed by atoms with Gasteiger partial charge in [-0.05, 0) is 13.5 Å². The molecule has 1 aromatic heterocycles. The highest BCUT2D eigenvalue weighted by molar-refractivity contribution is 5.23. The molecule has 0 bridgehead atoms. The molecule has 1 heterocycles. The van der Waals surface area contributed by atoms with Crippen molar-refractivity contribution in [1.29, 1.82) is 0 Å². The van der Waals surface area contributed by atoms with Crippen molar-refractivity contribution in [3.63, 3.8) is 0 Å². The number of nitrogens with zero attached hydrogens (tertiary/aromatic N) is 2. The highest BCUT2D eigenvalue weighted by Gasteiger charge is 2.11. The van der Waals surface area contributed by atoms with Crippen LogP contribution in [-0.4, -0.2) is 16.3 Å². The van der Waals surface area contributed by atoms with Gasteiger partial charge in [-0.15, -0.1) is 6.58 Å². The lowest BCUT2D eigenvalue weighted by Crippen LogP contribution is -2.19. The fourth-order valence-corrected chi connectivity index (χ4v) is 1.36. The zero-order valence-corrected chi connectivity index (χ0v) is 8.54. The summed E-state index contributed by atoms with van der Waals surface area (Å²) in [5, 5.41) is 7.53. The Morgan fingerprint density at radius 3 is 2.85 bits per heavy atom. The standard InChI is InChI=1S/C10H17N3/c1-5-10(11-6-2)9-7-12-13(4)8(9)3/h5,7,10-11H,1,6H2,2-4H3. The average molecular weight is 179 g/mol. The van der Waals surface area contributed by atoms with Gasteiger partial charge in [0.15, 0.2) is 0 Å². The smallest absolute Gasteiger partial charge is 0.0543 e. The number of rotatable bonds is 4. The van der Waals surface area contributed by atoms with Crippen molar-refractivity contribution in [3.8, 4) is 0 Å². The third-order valence-electron chi connectivity index (χ3n) is 2.27. The van der Waals surface area contributed by atoms with Crippen molar-refractivity contribution in [2.75, 3.05) is 6.54 Å². The fourth-order valence-electron chi connectivity index (χ4n) is 1.36. The highest BCUT2D eigenvalue weighted by atomic mass is 15.3. The predicted molar refractivity (Wildman–Crippen MR) is 54.6 cm³/mol. The van der Waals surface area contributed by atoms with E-state index < -0.39 is 0 Å². The average Bonchev–Trinajstić information content (AvgIpc) is 2.45. The normalized spacial score (nSPS) is 12.8. The number of likely N-dealkylation sites (N-methyl/N-ethyl adjacent to an activating group) is 1. The van der Waals surface area contributed by atoms with Crippen LogP contribution in [-0.2, 0) is 7.05 Å². The molecule has 0 aliphatic heterocycles. The SMILES string of the molecule is C=CC(NCC)c1cnn(C)c1C. The zero-order chi connectivity index (χ0) is 9.84. The fraction of sp³-hybridized carbons (Fsp3) is 0.500. The van der Waals surface area contributed by atoms with Crippen molar-refractivity contribution in [2.24, 2.45) is 7.05 Å². The molecule has 0 saturated heterocycles. The summed E-state index contributed by atoms with van der Waals surface area (Å²) >= 11 is 0. The lowest BCUT2D eigenvalue weighted by molar-refractivity contribution is 0.642. The second-order valence-electron chi connectivity index (χ2n) is 3.08. The number of aromatic nitrogens is 2. The van der Waals surface area contributed by atoms with Crippen LogP contribution in [0, 0.1) is 6.92 Å². The molecule has 0 amide bonds. The maximum Gasteiger partial charge on any atom is 0.0543 e. The first-order valence-electron chi connectivity index (χ1n) is 4.55. The van der Waals surface area contributed by atoms with Crippen LogP contribution < -0.4 is 5.32 Å². The van der Waals surface area contributed by atoms with E-state index in [0.717, 1.165) is 6.54 Å². The predicted octanol–water partition coefficient (Wildman–Crippen LogP) is 1.57. The molecule has 0 aliphatic carbocycles. The van der Waals surface area contributed by atoms with Gasteiger partial charge < -0.3 is 5.32 Å². The second-order valence-corrected chi connectivity index (χ2v) is 3.08. The number of nitrogens with one attached hydrogen (secondary N) is 1. The number of hydrogen-bond donors (Lipinski definition) is 1. The van der Waals surface area contributed by atoms with Crippen molar-refractivity contribution < 1.29 is 0 Å². The maximum absolute atomic E-state index is 4.20. The van der Waals surface area contributed by atoms with Gasteiger partial charge in [0.2, 0.25) is 0 Å². The van der Waals surface area contributed by atoms with Crippen LogP contribution in [0.15, 0.2) is 18.9 Å². The minimum absolute atomic E-state index is 0.221. The summed E-state index contributed by atoms with van der Waals surface area (Å²) in [6.07, 6.45) is 3.80. The van der Waals surface area contributed by atoms with E-state index in [1.54, 1.807) is 0 Å². The molecule has 0 saturated carbocycles. The Hall–Kier alpha value is -1.09. The molecule has 13 heavy (non-hydrogen) atoms. The summed E-state index contributed by atoms with van der Waals surface area (Å²) in [5.74, 6) is 0. The third-order valence-corrected chi connectivity index (χ3v) is 2.27. The van der Waals surface area contributed by atoms with E-state index in [9.17, 15) is 0 Å². The maximum atomic E-state index is 4.20. The van der Waals surface area contributed by atoms with Crippen LogP contribution >= 0.6 is 0 Å². The van der Waals surface area contributed by atoms with Gasteiger partial charge in [0, 0.05) is 18.3 Å². The van der Waals surface area contributed by atoms with Gasteiger partial charge >= 0.3 is 0 Å². The molecule has 3 heteroatoms. The Kier molecular flexibility index (Phi) is 3.25. The van der Waals surface area contributed by atoms with Crippen LogP contribution in [0.25, 0.3) is 0 Å². The first kappa shape index (κ1) is 9.99. The quantitative estimate of drug-likeness (QED) is 0.711. The first-order valence-corrected chi connectivity index (χ1v) is 4.55. The first-order chi connectivity index (χ1) is 6.20. The highest BCUT2D eigenvalue weighted by Crippen LogP contribution is 2.16. The van der Waals surface area contributed by atoms with Crippen molar-refractivity contribution in [3.05, 3.63) is 30.1 Å². The minimum atomic E-state index is 0.221. The van der Waals surface area contributed by atoms with E-state index in [-0.39, 0.29) is 6.04 Å². The van der Waals surface area contributed by atoms with Gasteiger partial charge in [0.05, 0.1) is 12.2 Å². The summed E-state index contributed by atoms with van der Waals surface area (Å²) in [4.78, 5) is 0. The molecule has 0 radical (unpaired) electrons. The Morgan fingerprint density at radius 2 is 2.46 bits per heavy atom. The van der Waals surface area contributed by atoms with Crippen LogP contribution in [0.2, 0.25) is 0 Å². The largest absolute Gasteiger partial charge is 0.307 e. The topological polar surface area (TPSA) is 29.9 Å². The van der Waals surface area contributed by atoms with Crippen molar-refractivity contribution in [1.82, 2.24) is 15.1 Å². The van der Waals surface area contributed by atoms with Crippen LogP contribution in [0.4, 0.5) is 0 Å². The van der Waals surface area contributed by atoms with Gasteiger partial charge in [-0.1, -0.05) is 13.0 Å². The molecule has 1 N–H and O–H groups in total. The number of aryl methyl sites for hydroxylation is 1. The van der Waals surface area contributed by atoms with E-state index in [4.69, 9.17) is 0 Å². The molecule has 0 spiro atoms. The molecule has 0 aliphatic rings. The summed E-state index contributed by atoms with van der Waals surface area (Å²) in [5.41, 5.74) is 2.39. The monoisotopic (exact) mass is 179 g/mol. The molecule has 72 valence electrons. The molecule has 1 unspecified atom stereocenters. The lowest BCUT2D eigenvalue weighted by Gasteiger charge is -2.12.